The fourth-order valence-corrected chi connectivity index (χ4v) is 4.14. The summed E-state index contributed by atoms with van der Waals surface area (Å²) in [7, 11) is 0. The monoisotopic (exact) mass is 434 g/mol. The van der Waals surface area contributed by atoms with Crippen molar-refractivity contribution in [3.63, 3.8) is 0 Å². The van der Waals surface area contributed by atoms with E-state index in [0.29, 0.717) is 11.2 Å². The van der Waals surface area contributed by atoms with E-state index in [2.05, 4.69) is 35.8 Å². The van der Waals surface area contributed by atoms with Crippen LogP contribution in [0.2, 0.25) is 0 Å². The van der Waals surface area contributed by atoms with Crippen LogP contribution in [0.15, 0.2) is 41.0 Å². The predicted octanol–water partition coefficient (Wildman–Crippen LogP) is 3.81. The van der Waals surface area contributed by atoms with Crippen LogP contribution in [0.4, 0.5) is 5.95 Å². The summed E-state index contributed by atoms with van der Waals surface area (Å²) in [6.07, 6.45) is 3.25. The van der Waals surface area contributed by atoms with Crippen molar-refractivity contribution in [2.45, 2.75) is 18.4 Å². The lowest BCUT2D eigenvalue weighted by Crippen LogP contribution is -2.43. The molecule has 6 nitrogen and oxygen atoms in total. The van der Waals surface area contributed by atoms with Crippen LogP contribution in [-0.2, 0) is 10.3 Å². The van der Waals surface area contributed by atoms with Crippen molar-refractivity contribution in [3.8, 4) is 0 Å². The Kier molecular flexibility index (Phi) is 4.16. The lowest BCUT2D eigenvalue weighted by atomic mass is 9.84. The molecule has 0 bridgehead atoms. The number of rotatable bonds is 1. The van der Waals surface area contributed by atoms with Gasteiger partial charge in [0, 0.05) is 42.2 Å². The van der Waals surface area contributed by atoms with Gasteiger partial charge < -0.3 is 14.6 Å². The SMILES string of the molecule is Cl.O=C1OC2(CCN(c3nc4ncc(Br)cc4[nH]3)CC2)c2ccccc21. The predicted molar refractivity (Wildman–Crippen MR) is 104 cm³/mol. The summed E-state index contributed by atoms with van der Waals surface area (Å²) in [5, 5.41) is 0. The van der Waals surface area contributed by atoms with Crippen LogP contribution >= 0.6 is 28.3 Å². The zero-order valence-corrected chi connectivity index (χ0v) is 16.1. The molecule has 0 unspecified atom stereocenters. The Morgan fingerprint density at radius 2 is 2.00 bits per heavy atom. The van der Waals surface area contributed by atoms with Gasteiger partial charge >= 0.3 is 5.97 Å². The molecule has 2 aromatic heterocycles. The number of hydrogen-bond donors (Lipinski definition) is 1. The van der Waals surface area contributed by atoms with Crippen LogP contribution in [0, 0.1) is 0 Å². The number of imidazole rings is 1. The summed E-state index contributed by atoms with van der Waals surface area (Å²) in [5.41, 5.74) is 2.85. The van der Waals surface area contributed by atoms with Crippen LogP contribution in [0.3, 0.4) is 0 Å². The number of nitrogens with zero attached hydrogens (tertiary/aromatic N) is 3. The molecule has 1 saturated heterocycles. The molecule has 0 aliphatic carbocycles. The van der Waals surface area contributed by atoms with Crippen LogP contribution in [0.25, 0.3) is 11.2 Å². The Bertz CT molecular complexity index is 998. The minimum Gasteiger partial charge on any atom is -0.450 e. The van der Waals surface area contributed by atoms with E-state index in [9.17, 15) is 4.79 Å². The standard InChI is InChI=1S/C18H15BrN4O2.ClH/c19-11-9-14-15(20-10-11)22-17(21-14)23-7-5-18(6-8-23)13-4-2-1-3-12(13)16(24)25-18;/h1-4,9-10H,5-8H2,(H,20,21,22);1H. The smallest absolute Gasteiger partial charge is 0.339 e. The highest BCUT2D eigenvalue weighted by atomic mass is 79.9. The zero-order chi connectivity index (χ0) is 17.0. The average Bonchev–Trinajstić information content (AvgIpc) is 3.16. The highest BCUT2D eigenvalue weighted by Crippen LogP contribution is 2.44. The Hall–Kier alpha value is -2.12. The van der Waals surface area contributed by atoms with Gasteiger partial charge in [0.15, 0.2) is 5.65 Å². The van der Waals surface area contributed by atoms with Crippen molar-refractivity contribution >= 4 is 51.4 Å². The van der Waals surface area contributed by atoms with Gasteiger partial charge in [0.25, 0.3) is 0 Å². The maximum Gasteiger partial charge on any atom is 0.339 e. The van der Waals surface area contributed by atoms with Gasteiger partial charge in [0.2, 0.25) is 5.95 Å². The van der Waals surface area contributed by atoms with E-state index in [0.717, 1.165) is 47.4 Å². The van der Waals surface area contributed by atoms with Gasteiger partial charge in [-0.05, 0) is 28.1 Å². The van der Waals surface area contributed by atoms with Gasteiger partial charge in [-0.25, -0.2) is 9.78 Å². The van der Waals surface area contributed by atoms with Crippen molar-refractivity contribution in [3.05, 3.63) is 52.1 Å². The van der Waals surface area contributed by atoms with Gasteiger partial charge in [-0.2, -0.15) is 4.98 Å². The number of halogens is 2. The topological polar surface area (TPSA) is 71.1 Å². The number of nitrogens with one attached hydrogen (secondary N) is 1. The van der Waals surface area contributed by atoms with Gasteiger partial charge in [0.1, 0.15) is 5.60 Å². The van der Waals surface area contributed by atoms with Crippen LogP contribution in [-0.4, -0.2) is 34.0 Å². The molecule has 26 heavy (non-hydrogen) atoms. The fourth-order valence-electron chi connectivity index (χ4n) is 3.81. The van der Waals surface area contributed by atoms with Crippen molar-refractivity contribution in [1.82, 2.24) is 15.0 Å². The highest BCUT2D eigenvalue weighted by molar-refractivity contribution is 9.10. The van der Waals surface area contributed by atoms with E-state index in [1.54, 1.807) is 6.20 Å². The number of benzene rings is 1. The number of pyridine rings is 1. The summed E-state index contributed by atoms with van der Waals surface area (Å²) in [4.78, 5) is 26.6. The highest BCUT2D eigenvalue weighted by Gasteiger charge is 2.47. The molecule has 8 heteroatoms. The fraction of sp³-hybridized carbons (Fsp3) is 0.278. The summed E-state index contributed by atoms with van der Waals surface area (Å²) in [6.45, 7) is 1.53. The van der Waals surface area contributed by atoms with Crippen LogP contribution < -0.4 is 4.90 Å². The summed E-state index contributed by atoms with van der Waals surface area (Å²) >= 11 is 3.43. The van der Waals surface area contributed by atoms with E-state index in [-0.39, 0.29) is 18.4 Å². The summed E-state index contributed by atoms with van der Waals surface area (Å²) in [6, 6.07) is 9.69. The van der Waals surface area contributed by atoms with Crippen molar-refractivity contribution in [2.24, 2.45) is 0 Å². The first-order chi connectivity index (χ1) is 12.1. The molecule has 0 amide bonds. The molecule has 1 N–H and O–H groups in total. The third-order valence-corrected chi connectivity index (χ3v) is 5.52. The molecule has 1 aromatic carbocycles. The second-order valence-corrected chi connectivity index (χ2v) is 7.42. The number of fused-ring (bicyclic) bond motifs is 3. The van der Waals surface area contributed by atoms with E-state index in [1.165, 1.54) is 0 Å². The number of piperidine rings is 1. The number of carbonyl (C=O) groups excluding carboxylic acids is 1. The Labute approximate surface area is 164 Å². The zero-order valence-electron chi connectivity index (χ0n) is 13.7. The molecular weight excluding hydrogens is 420 g/mol. The second kappa shape index (κ2) is 6.25. The third kappa shape index (κ3) is 2.57. The normalized spacial score (nSPS) is 17.9. The average molecular weight is 436 g/mol. The molecule has 5 rings (SSSR count). The largest absolute Gasteiger partial charge is 0.450 e. The van der Waals surface area contributed by atoms with E-state index < -0.39 is 5.60 Å². The molecular formula is C18H16BrClN4O2. The number of aromatic nitrogens is 3. The maximum atomic E-state index is 12.2. The molecule has 1 fully saturated rings. The van der Waals surface area contributed by atoms with E-state index >= 15 is 0 Å². The van der Waals surface area contributed by atoms with Gasteiger partial charge in [-0.1, -0.05) is 18.2 Å². The molecule has 0 atom stereocenters. The first-order valence-corrected chi connectivity index (χ1v) is 9.03. The molecule has 1 spiro atoms. The second-order valence-electron chi connectivity index (χ2n) is 6.50. The molecule has 0 radical (unpaired) electrons. The number of anilines is 1. The minimum absolute atomic E-state index is 0. The first kappa shape index (κ1) is 17.3. The van der Waals surface area contributed by atoms with Crippen molar-refractivity contribution in [2.75, 3.05) is 18.0 Å². The molecule has 4 heterocycles. The van der Waals surface area contributed by atoms with Gasteiger partial charge in [-0.15, -0.1) is 12.4 Å². The lowest BCUT2D eigenvalue weighted by Gasteiger charge is -2.38. The molecule has 2 aliphatic heterocycles. The van der Waals surface area contributed by atoms with Gasteiger partial charge in [0.05, 0.1) is 11.1 Å². The Morgan fingerprint density at radius 1 is 1.23 bits per heavy atom. The third-order valence-electron chi connectivity index (χ3n) is 5.09. The minimum atomic E-state index is -0.489. The Morgan fingerprint density at radius 3 is 2.81 bits per heavy atom. The van der Waals surface area contributed by atoms with Crippen LogP contribution in [0.1, 0.15) is 28.8 Å². The van der Waals surface area contributed by atoms with Crippen molar-refractivity contribution < 1.29 is 9.53 Å². The van der Waals surface area contributed by atoms with Gasteiger partial charge in [-0.3, -0.25) is 0 Å². The molecule has 0 saturated carbocycles. The quantitative estimate of drug-likeness (QED) is 0.589. The lowest BCUT2D eigenvalue weighted by molar-refractivity contribution is -0.0211. The van der Waals surface area contributed by atoms with E-state index in [1.807, 2.05) is 30.3 Å². The van der Waals surface area contributed by atoms with E-state index in [4.69, 9.17) is 4.74 Å². The molecule has 3 aromatic rings. The number of ether oxygens (including phenoxy) is 1. The molecule has 2 aliphatic rings. The number of carbonyl (C=O) groups is 1. The summed E-state index contributed by atoms with van der Waals surface area (Å²) < 4.78 is 6.72. The number of esters is 1. The number of aromatic amines is 1. The maximum absolute atomic E-state index is 12.2. The Balaban J connectivity index is 0.00000168. The number of H-pyrrole nitrogens is 1. The number of hydrogen-bond acceptors (Lipinski definition) is 5. The summed E-state index contributed by atoms with van der Waals surface area (Å²) in [5.74, 6) is 0.606. The first-order valence-electron chi connectivity index (χ1n) is 8.24. The van der Waals surface area contributed by atoms with Crippen molar-refractivity contribution in [1.29, 1.82) is 0 Å². The van der Waals surface area contributed by atoms with Crippen LogP contribution in [0.5, 0.6) is 0 Å². The molecule has 134 valence electrons.